The molecule has 1 saturated carbocycles. The summed E-state index contributed by atoms with van der Waals surface area (Å²) in [6.45, 7) is 4.09. The van der Waals surface area contributed by atoms with Gasteiger partial charge < -0.3 is 15.3 Å². The van der Waals surface area contributed by atoms with E-state index in [1.165, 1.54) is 0 Å². The van der Waals surface area contributed by atoms with Crippen molar-refractivity contribution in [1.82, 2.24) is 10.2 Å². The van der Waals surface area contributed by atoms with Gasteiger partial charge in [-0.1, -0.05) is 6.92 Å². The van der Waals surface area contributed by atoms with Gasteiger partial charge in [-0.05, 0) is 39.0 Å². The number of nitrogens with zero attached hydrogens (tertiary/aromatic N) is 1. The number of carbonyl (C=O) groups excluding carboxylic acids is 1. The fourth-order valence-corrected chi connectivity index (χ4v) is 2.63. The van der Waals surface area contributed by atoms with Crippen molar-refractivity contribution < 1.29 is 14.7 Å². The highest BCUT2D eigenvalue weighted by Crippen LogP contribution is 2.36. The standard InChI is InChI=1S/C12H20N2O3/c1-3-9-5-4-8(2)14(9)11(17)13-12(6-7-12)10(15)16/h8-9H,3-7H2,1-2H3,(H,13,17)(H,15,16). The van der Waals surface area contributed by atoms with E-state index in [-0.39, 0.29) is 18.1 Å². The highest BCUT2D eigenvalue weighted by molar-refractivity contribution is 5.89. The molecule has 0 spiro atoms. The number of aliphatic carboxylic acids is 1. The van der Waals surface area contributed by atoms with E-state index in [2.05, 4.69) is 12.2 Å². The number of carboxylic acids is 1. The summed E-state index contributed by atoms with van der Waals surface area (Å²) in [6.07, 6.45) is 4.05. The minimum Gasteiger partial charge on any atom is -0.480 e. The molecule has 2 unspecified atom stereocenters. The zero-order valence-corrected chi connectivity index (χ0v) is 10.4. The second-order valence-corrected chi connectivity index (χ2v) is 5.21. The Bertz CT molecular complexity index is 339. The van der Waals surface area contributed by atoms with E-state index in [4.69, 9.17) is 5.11 Å². The van der Waals surface area contributed by atoms with Crippen LogP contribution in [0.4, 0.5) is 4.79 Å². The molecular formula is C12H20N2O3. The molecule has 2 rings (SSSR count). The number of rotatable bonds is 3. The molecule has 2 atom stereocenters. The van der Waals surface area contributed by atoms with Crippen LogP contribution in [0.5, 0.6) is 0 Å². The summed E-state index contributed by atoms with van der Waals surface area (Å²) in [7, 11) is 0. The molecule has 0 bridgehead atoms. The molecule has 5 nitrogen and oxygen atoms in total. The quantitative estimate of drug-likeness (QED) is 0.786. The summed E-state index contributed by atoms with van der Waals surface area (Å²) in [6, 6.07) is 0.265. The number of amides is 2. The monoisotopic (exact) mass is 240 g/mol. The minimum atomic E-state index is -0.975. The lowest BCUT2D eigenvalue weighted by Gasteiger charge is -2.29. The maximum atomic E-state index is 12.1. The zero-order valence-electron chi connectivity index (χ0n) is 10.4. The smallest absolute Gasteiger partial charge is 0.329 e. The van der Waals surface area contributed by atoms with Crippen LogP contribution in [0.3, 0.4) is 0 Å². The third-order valence-corrected chi connectivity index (χ3v) is 4.00. The first kappa shape index (κ1) is 12.2. The number of hydrogen-bond acceptors (Lipinski definition) is 2. The van der Waals surface area contributed by atoms with Gasteiger partial charge >= 0.3 is 12.0 Å². The number of urea groups is 1. The Morgan fingerprint density at radius 2 is 2.06 bits per heavy atom. The summed E-state index contributed by atoms with van der Waals surface area (Å²) < 4.78 is 0. The van der Waals surface area contributed by atoms with E-state index in [9.17, 15) is 9.59 Å². The van der Waals surface area contributed by atoms with Crippen molar-refractivity contribution >= 4 is 12.0 Å². The second-order valence-electron chi connectivity index (χ2n) is 5.21. The van der Waals surface area contributed by atoms with E-state index in [0.29, 0.717) is 12.8 Å². The number of nitrogens with one attached hydrogen (secondary N) is 1. The van der Waals surface area contributed by atoms with Gasteiger partial charge in [0.15, 0.2) is 0 Å². The molecule has 2 amide bonds. The van der Waals surface area contributed by atoms with Gasteiger partial charge in [0, 0.05) is 12.1 Å². The first-order chi connectivity index (χ1) is 8.00. The Hall–Kier alpha value is -1.26. The van der Waals surface area contributed by atoms with Gasteiger partial charge in [-0.25, -0.2) is 9.59 Å². The zero-order chi connectivity index (χ0) is 12.6. The largest absolute Gasteiger partial charge is 0.480 e. The normalized spacial score (nSPS) is 30.1. The van der Waals surface area contributed by atoms with Crippen molar-refractivity contribution in [1.29, 1.82) is 0 Å². The van der Waals surface area contributed by atoms with Crippen LogP contribution >= 0.6 is 0 Å². The molecule has 96 valence electrons. The number of carboxylic acid groups (broad SMARTS) is 1. The average molecular weight is 240 g/mol. The number of likely N-dealkylation sites (tertiary alicyclic amines) is 1. The summed E-state index contributed by atoms with van der Waals surface area (Å²) in [4.78, 5) is 25.0. The Labute approximate surface area is 101 Å². The van der Waals surface area contributed by atoms with Crippen molar-refractivity contribution in [3.05, 3.63) is 0 Å². The van der Waals surface area contributed by atoms with Crippen LogP contribution < -0.4 is 5.32 Å². The van der Waals surface area contributed by atoms with Crippen LogP contribution in [-0.4, -0.2) is 39.6 Å². The van der Waals surface area contributed by atoms with Gasteiger partial charge in [0.1, 0.15) is 5.54 Å². The second kappa shape index (κ2) is 4.20. The molecule has 1 saturated heterocycles. The molecule has 1 heterocycles. The lowest BCUT2D eigenvalue weighted by atomic mass is 10.2. The van der Waals surface area contributed by atoms with Gasteiger partial charge in [0.25, 0.3) is 0 Å². The fourth-order valence-electron chi connectivity index (χ4n) is 2.63. The molecule has 2 aliphatic rings. The predicted molar refractivity (Wildman–Crippen MR) is 62.7 cm³/mol. The van der Waals surface area contributed by atoms with Crippen molar-refractivity contribution in [2.45, 2.75) is 63.6 Å². The first-order valence-corrected chi connectivity index (χ1v) is 6.34. The summed E-state index contributed by atoms with van der Waals surface area (Å²) in [5.74, 6) is -0.911. The molecule has 0 aromatic carbocycles. The van der Waals surface area contributed by atoms with E-state index in [1.807, 2.05) is 11.8 Å². The lowest BCUT2D eigenvalue weighted by molar-refractivity contribution is -0.140. The molecular weight excluding hydrogens is 220 g/mol. The Kier molecular flexibility index (Phi) is 3.02. The van der Waals surface area contributed by atoms with Crippen LogP contribution in [0.2, 0.25) is 0 Å². The fraction of sp³-hybridized carbons (Fsp3) is 0.833. The maximum absolute atomic E-state index is 12.1. The molecule has 5 heteroatoms. The van der Waals surface area contributed by atoms with Gasteiger partial charge in [0.05, 0.1) is 0 Å². The van der Waals surface area contributed by atoms with E-state index < -0.39 is 11.5 Å². The molecule has 2 N–H and O–H groups in total. The van der Waals surface area contributed by atoms with Crippen molar-refractivity contribution in [2.24, 2.45) is 0 Å². The average Bonchev–Trinajstić information content (AvgIpc) is 2.95. The third kappa shape index (κ3) is 2.10. The highest BCUT2D eigenvalue weighted by atomic mass is 16.4. The van der Waals surface area contributed by atoms with Crippen LogP contribution in [-0.2, 0) is 4.79 Å². The maximum Gasteiger partial charge on any atom is 0.329 e. The summed E-state index contributed by atoms with van der Waals surface area (Å²) >= 11 is 0. The van der Waals surface area contributed by atoms with Gasteiger partial charge in [0.2, 0.25) is 0 Å². The van der Waals surface area contributed by atoms with Gasteiger partial charge in [-0.3, -0.25) is 0 Å². The minimum absolute atomic E-state index is 0.207. The van der Waals surface area contributed by atoms with Gasteiger partial charge in [-0.15, -0.1) is 0 Å². The molecule has 2 fully saturated rings. The highest BCUT2D eigenvalue weighted by Gasteiger charge is 2.53. The molecule has 1 aliphatic heterocycles. The molecule has 0 radical (unpaired) electrons. The number of hydrogen-bond donors (Lipinski definition) is 2. The summed E-state index contributed by atoms with van der Waals surface area (Å²) in [5, 5.41) is 11.7. The van der Waals surface area contributed by atoms with Crippen LogP contribution in [0, 0.1) is 0 Å². The van der Waals surface area contributed by atoms with Crippen molar-refractivity contribution in [2.75, 3.05) is 0 Å². The SMILES string of the molecule is CCC1CCC(C)N1C(=O)NC1(C(=O)O)CC1. The Morgan fingerprint density at radius 1 is 1.41 bits per heavy atom. The predicted octanol–water partition coefficient (Wildman–Crippen LogP) is 1.58. The first-order valence-electron chi connectivity index (χ1n) is 6.34. The van der Waals surface area contributed by atoms with Crippen molar-refractivity contribution in [3.8, 4) is 0 Å². The van der Waals surface area contributed by atoms with Crippen molar-refractivity contribution in [3.63, 3.8) is 0 Å². The Balaban J connectivity index is 2.02. The number of carbonyl (C=O) groups is 2. The van der Waals surface area contributed by atoms with Crippen LogP contribution in [0.1, 0.15) is 46.0 Å². The van der Waals surface area contributed by atoms with E-state index >= 15 is 0 Å². The van der Waals surface area contributed by atoms with Crippen LogP contribution in [0.15, 0.2) is 0 Å². The summed E-state index contributed by atoms with van der Waals surface area (Å²) in [5.41, 5.74) is -0.975. The van der Waals surface area contributed by atoms with E-state index in [1.54, 1.807) is 0 Å². The van der Waals surface area contributed by atoms with E-state index in [0.717, 1.165) is 19.3 Å². The topological polar surface area (TPSA) is 69.6 Å². The van der Waals surface area contributed by atoms with Gasteiger partial charge in [-0.2, -0.15) is 0 Å². The molecule has 0 aromatic heterocycles. The van der Waals surface area contributed by atoms with Crippen LogP contribution in [0.25, 0.3) is 0 Å². The lowest BCUT2D eigenvalue weighted by Crippen LogP contribution is -2.52. The Morgan fingerprint density at radius 3 is 2.53 bits per heavy atom. The molecule has 1 aliphatic carbocycles. The molecule has 17 heavy (non-hydrogen) atoms. The molecule has 0 aromatic rings. The third-order valence-electron chi connectivity index (χ3n) is 4.00.